The predicted octanol–water partition coefficient (Wildman–Crippen LogP) is 2.88. The molecule has 2 fully saturated rings. The lowest BCUT2D eigenvalue weighted by molar-refractivity contribution is 0.0711. The van der Waals surface area contributed by atoms with Crippen LogP contribution in [0, 0.1) is 19.3 Å². The van der Waals surface area contributed by atoms with E-state index >= 15 is 0 Å². The molecule has 1 unspecified atom stereocenters. The minimum absolute atomic E-state index is 0.00819. The van der Waals surface area contributed by atoms with Crippen LogP contribution in [0.25, 0.3) is 10.9 Å². The minimum atomic E-state index is -2.51. The summed E-state index contributed by atoms with van der Waals surface area (Å²) >= 11 is 0. The largest absolute Gasteiger partial charge is 0.354 e. The van der Waals surface area contributed by atoms with Gasteiger partial charge in [0.2, 0.25) is 0 Å². The van der Waals surface area contributed by atoms with Crippen LogP contribution >= 0.6 is 0 Å². The van der Waals surface area contributed by atoms with Crippen LogP contribution in [0.5, 0.6) is 0 Å². The molecule has 4 rings (SSSR count). The maximum Gasteiger partial charge on any atom is 0.256 e. The quantitative estimate of drug-likeness (QED) is 0.810. The summed E-state index contributed by atoms with van der Waals surface area (Å²) in [7, 11) is 0. The average Bonchev–Trinajstić information content (AvgIpc) is 2.77. The van der Waals surface area contributed by atoms with Crippen molar-refractivity contribution in [2.24, 2.45) is 5.41 Å². The predicted molar refractivity (Wildman–Crippen MR) is 75.6 cm³/mol. The van der Waals surface area contributed by atoms with Gasteiger partial charge in [0.05, 0.1) is 5.41 Å². The zero-order valence-corrected chi connectivity index (χ0v) is 12.0. The Morgan fingerprint density at radius 2 is 2.00 bits per heavy atom. The molecule has 2 aromatic rings. The first kappa shape index (κ1) is 12.9. The van der Waals surface area contributed by atoms with E-state index in [0.717, 1.165) is 22.4 Å². The SMILES string of the molecule is Cc1cc2cnc(C)nc2c(N2CCC3(C2)CC3(F)F)n1. The molecule has 0 amide bonds. The molecule has 1 saturated heterocycles. The Morgan fingerprint density at radius 3 is 2.67 bits per heavy atom. The molecule has 0 aromatic carbocycles. The number of halogens is 2. The average molecular weight is 290 g/mol. The maximum atomic E-state index is 13.6. The zero-order chi connectivity index (χ0) is 14.8. The van der Waals surface area contributed by atoms with Crippen molar-refractivity contribution in [3.05, 3.63) is 23.8 Å². The first-order valence-electron chi connectivity index (χ1n) is 7.14. The van der Waals surface area contributed by atoms with Crippen LogP contribution in [0.3, 0.4) is 0 Å². The molecule has 0 radical (unpaired) electrons. The monoisotopic (exact) mass is 290 g/mol. The molecule has 4 nitrogen and oxygen atoms in total. The second-order valence-corrected chi connectivity index (χ2v) is 6.28. The number of aromatic nitrogens is 3. The van der Waals surface area contributed by atoms with Gasteiger partial charge < -0.3 is 4.90 Å². The Morgan fingerprint density at radius 1 is 1.24 bits per heavy atom. The van der Waals surface area contributed by atoms with Crippen molar-refractivity contribution in [3.8, 4) is 0 Å². The maximum absolute atomic E-state index is 13.6. The van der Waals surface area contributed by atoms with Gasteiger partial charge in [0.25, 0.3) is 5.92 Å². The summed E-state index contributed by atoms with van der Waals surface area (Å²) in [6.45, 7) is 4.71. The van der Waals surface area contributed by atoms with E-state index in [1.807, 2.05) is 24.8 Å². The zero-order valence-electron chi connectivity index (χ0n) is 12.0. The highest BCUT2D eigenvalue weighted by Crippen LogP contribution is 2.65. The summed E-state index contributed by atoms with van der Waals surface area (Å²) in [6.07, 6.45) is 2.31. The molecule has 1 spiro atoms. The number of pyridine rings is 1. The topological polar surface area (TPSA) is 41.9 Å². The Bertz CT molecular complexity index is 746. The van der Waals surface area contributed by atoms with Crippen molar-refractivity contribution in [1.29, 1.82) is 0 Å². The summed E-state index contributed by atoms with van der Waals surface area (Å²) in [4.78, 5) is 15.2. The number of fused-ring (bicyclic) bond motifs is 1. The number of alkyl halides is 2. The molecule has 1 aliphatic carbocycles. The molecule has 0 N–H and O–H groups in total. The van der Waals surface area contributed by atoms with Crippen LogP contribution in [0.15, 0.2) is 12.3 Å². The molecule has 6 heteroatoms. The van der Waals surface area contributed by atoms with Gasteiger partial charge in [0.15, 0.2) is 5.82 Å². The number of anilines is 1. The van der Waals surface area contributed by atoms with Crippen molar-refractivity contribution in [3.63, 3.8) is 0 Å². The van der Waals surface area contributed by atoms with Gasteiger partial charge >= 0.3 is 0 Å². The Labute approximate surface area is 121 Å². The lowest BCUT2D eigenvalue weighted by Gasteiger charge is -2.19. The molecule has 1 atom stereocenters. The number of hydrogen-bond donors (Lipinski definition) is 0. The van der Waals surface area contributed by atoms with E-state index in [9.17, 15) is 8.78 Å². The van der Waals surface area contributed by atoms with Crippen LogP contribution < -0.4 is 4.90 Å². The standard InChI is InChI=1S/C15H16F2N4/c1-9-5-11-6-18-10(2)20-12(11)13(19-9)21-4-3-14(8-21)7-15(14,16)17/h5-6H,3-4,7-8H2,1-2H3. The van der Waals surface area contributed by atoms with Gasteiger partial charge in [0.1, 0.15) is 11.3 Å². The van der Waals surface area contributed by atoms with Crippen LogP contribution in [0.2, 0.25) is 0 Å². The molecular formula is C15H16F2N4. The van der Waals surface area contributed by atoms with Gasteiger partial charge in [-0.1, -0.05) is 0 Å². The Balaban J connectivity index is 1.79. The fourth-order valence-corrected chi connectivity index (χ4v) is 3.34. The fourth-order valence-electron chi connectivity index (χ4n) is 3.34. The lowest BCUT2D eigenvalue weighted by atomic mass is 10.1. The van der Waals surface area contributed by atoms with Crippen LogP contribution in [0.4, 0.5) is 14.6 Å². The van der Waals surface area contributed by atoms with Crippen molar-refractivity contribution in [2.75, 3.05) is 18.0 Å². The van der Waals surface area contributed by atoms with Crippen molar-refractivity contribution >= 4 is 16.7 Å². The number of hydrogen-bond acceptors (Lipinski definition) is 4. The van der Waals surface area contributed by atoms with Crippen molar-refractivity contribution in [2.45, 2.75) is 32.6 Å². The third-order valence-corrected chi connectivity index (χ3v) is 4.66. The molecule has 2 aromatic heterocycles. The Hall–Kier alpha value is -1.85. The van der Waals surface area contributed by atoms with Crippen LogP contribution in [-0.4, -0.2) is 34.0 Å². The molecule has 21 heavy (non-hydrogen) atoms. The summed E-state index contributed by atoms with van der Waals surface area (Å²) in [5, 5.41) is 0.909. The molecule has 2 aliphatic rings. The second-order valence-electron chi connectivity index (χ2n) is 6.28. The molecular weight excluding hydrogens is 274 g/mol. The van der Waals surface area contributed by atoms with E-state index < -0.39 is 11.3 Å². The molecule has 1 aliphatic heterocycles. The fraction of sp³-hybridized carbons (Fsp3) is 0.533. The van der Waals surface area contributed by atoms with Gasteiger partial charge in [-0.2, -0.15) is 0 Å². The lowest BCUT2D eigenvalue weighted by Crippen LogP contribution is -2.24. The third-order valence-electron chi connectivity index (χ3n) is 4.66. The van der Waals surface area contributed by atoms with Gasteiger partial charge in [0, 0.05) is 36.8 Å². The van der Waals surface area contributed by atoms with Gasteiger partial charge in [-0.15, -0.1) is 0 Å². The number of nitrogens with zero attached hydrogens (tertiary/aromatic N) is 4. The van der Waals surface area contributed by atoms with Gasteiger partial charge in [-0.3, -0.25) is 0 Å². The van der Waals surface area contributed by atoms with Gasteiger partial charge in [-0.05, 0) is 26.3 Å². The Kier molecular flexibility index (Phi) is 2.37. The highest BCUT2D eigenvalue weighted by Gasteiger charge is 2.72. The molecule has 3 heterocycles. The summed E-state index contributed by atoms with van der Waals surface area (Å²) in [5.74, 6) is -1.12. The summed E-state index contributed by atoms with van der Waals surface area (Å²) in [6, 6.07) is 1.93. The van der Waals surface area contributed by atoms with E-state index in [-0.39, 0.29) is 6.42 Å². The van der Waals surface area contributed by atoms with E-state index in [4.69, 9.17) is 0 Å². The normalized spacial score (nSPS) is 26.8. The van der Waals surface area contributed by atoms with E-state index in [1.165, 1.54) is 0 Å². The van der Waals surface area contributed by atoms with Crippen molar-refractivity contribution < 1.29 is 8.78 Å². The van der Waals surface area contributed by atoms with Crippen molar-refractivity contribution in [1.82, 2.24) is 15.0 Å². The molecule has 1 saturated carbocycles. The van der Waals surface area contributed by atoms with Crippen LogP contribution in [0.1, 0.15) is 24.4 Å². The molecule has 110 valence electrons. The minimum Gasteiger partial charge on any atom is -0.354 e. The summed E-state index contributed by atoms with van der Waals surface area (Å²) < 4.78 is 27.1. The first-order valence-corrected chi connectivity index (χ1v) is 7.14. The first-order chi connectivity index (χ1) is 9.90. The number of rotatable bonds is 1. The number of aryl methyl sites for hydroxylation is 2. The summed E-state index contributed by atoms with van der Waals surface area (Å²) in [5.41, 5.74) is 0.787. The van der Waals surface area contributed by atoms with Crippen LogP contribution in [-0.2, 0) is 0 Å². The van der Waals surface area contributed by atoms with E-state index in [2.05, 4.69) is 15.0 Å². The molecule has 0 bridgehead atoms. The van der Waals surface area contributed by atoms with E-state index in [0.29, 0.717) is 25.3 Å². The van der Waals surface area contributed by atoms with E-state index in [1.54, 1.807) is 6.20 Å². The highest BCUT2D eigenvalue weighted by molar-refractivity contribution is 5.88. The highest BCUT2D eigenvalue weighted by atomic mass is 19.3. The third kappa shape index (κ3) is 1.81. The smallest absolute Gasteiger partial charge is 0.256 e. The second kappa shape index (κ2) is 3.87. The van der Waals surface area contributed by atoms with Gasteiger partial charge in [-0.25, -0.2) is 23.7 Å².